The standard InChI is InChI=1S/C18H27F3N4O/c1-11(8-9-18(2,3)4)24-17(22-5)23-10-14(26)25-13-7-6-12(19)15(20)16(13)21/h6-7,11H,8-10H2,1-5H3,(H,25,26)(H2,22,23,24). The SMILES string of the molecule is CN=C(NCC(=O)Nc1ccc(F)c(F)c1F)NC(C)CCC(C)(C)C. The van der Waals surface area contributed by atoms with Crippen LogP contribution in [0.15, 0.2) is 17.1 Å². The molecule has 3 N–H and O–H groups in total. The van der Waals surface area contributed by atoms with E-state index < -0.39 is 29.0 Å². The number of hydrogen-bond donors (Lipinski definition) is 3. The lowest BCUT2D eigenvalue weighted by atomic mass is 9.89. The van der Waals surface area contributed by atoms with Crippen LogP contribution in [0.1, 0.15) is 40.5 Å². The lowest BCUT2D eigenvalue weighted by molar-refractivity contribution is -0.115. The molecule has 0 saturated heterocycles. The maximum Gasteiger partial charge on any atom is 0.243 e. The summed E-state index contributed by atoms with van der Waals surface area (Å²) in [5, 5.41) is 8.15. The summed E-state index contributed by atoms with van der Waals surface area (Å²) >= 11 is 0. The summed E-state index contributed by atoms with van der Waals surface area (Å²) in [6, 6.07) is 1.86. The predicted molar refractivity (Wildman–Crippen MR) is 97.6 cm³/mol. The van der Waals surface area contributed by atoms with Crippen molar-refractivity contribution in [2.75, 3.05) is 18.9 Å². The largest absolute Gasteiger partial charge is 0.354 e. The maximum absolute atomic E-state index is 13.6. The van der Waals surface area contributed by atoms with Crippen molar-refractivity contribution in [1.29, 1.82) is 0 Å². The van der Waals surface area contributed by atoms with E-state index in [9.17, 15) is 18.0 Å². The lowest BCUT2D eigenvalue weighted by Gasteiger charge is -2.23. The Morgan fingerprint density at radius 3 is 2.42 bits per heavy atom. The predicted octanol–water partition coefficient (Wildman–Crippen LogP) is 3.42. The first-order chi connectivity index (χ1) is 12.0. The van der Waals surface area contributed by atoms with Crippen molar-refractivity contribution in [2.45, 2.75) is 46.6 Å². The molecule has 0 bridgehead atoms. The first-order valence-corrected chi connectivity index (χ1v) is 8.44. The van der Waals surface area contributed by atoms with Crippen LogP contribution in [0.4, 0.5) is 18.9 Å². The fraction of sp³-hybridized carbons (Fsp3) is 0.556. The van der Waals surface area contributed by atoms with Gasteiger partial charge in [-0.05, 0) is 37.3 Å². The number of benzene rings is 1. The summed E-state index contributed by atoms with van der Waals surface area (Å²) in [6.45, 7) is 8.29. The van der Waals surface area contributed by atoms with Crippen molar-refractivity contribution < 1.29 is 18.0 Å². The van der Waals surface area contributed by atoms with E-state index in [1.54, 1.807) is 7.05 Å². The summed E-state index contributed by atoms with van der Waals surface area (Å²) < 4.78 is 39.6. The Labute approximate surface area is 152 Å². The first-order valence-electron chi connectivity index (χ1n) is 8.44. The molecule has 0 aromatic heterocycles. The van der Waals surface area contributed by atoms with Crippen molar-refractivity contribution in [3.05, 3.63) is 29.6 Å². The van der Waals surface area contributed by atoms with Crippen molar-refractivity contribution in [3.8, 4) is 0 Å². The molecular weight excluding hydrogens is 345 g/mol. The number of nitrogens with one attached hydrogen (secondary N) is 3. The average Bonchev–Trinajstić information content (AvgIpc) is 2.56. The number of carbonyl (C=O) groups is 1. The third-order valence-electron chi connectivity index (χ3n) is 3.66. The minimum absolute atomic E-state index is 0.145. The van der Waals surface area contributed by atoms with Gasteiger partial charge in [-0.2, -0.15) is 0 Å². The molecule has 1 aromatic rings. The van der Waals surface area contributed by atoms with Crippen molar-refractivity contribution in [2.24, 2.45) is 10.4 Å². The Kier molecular flexibility index (Phi) is 7.92. The second kappa shape index (κ2) is 9.45. The van der Waals surface area contributed by atoms with Gasteiger partial charge in [0.15, 0.2) is 23.4 Å². The molecule has 0 aliphatic carbocycles. The van der Waals surface area contributed by atoms with E-state index in [0.29, 0.717) is 5.96 Å². The van der Waals surface area contributed by atoms with E-state index in [1.807, 2.05) is 6.92 Å². The van der Waals surface area contributed by atoms with Crippen LogP contribution >= 0.6 is 0 Å². The fourth-order valence-corrected chi connectivity index (χ4v) is 2.13. The molecule has 0 spiro atoms. The Balaban J connectivity index is 2.51. The summed E-state index contributed by atoms with van der Waals surface area (Å²) in [6.07, 6.45) is 1.95. The lowest BCUT2D eigenvalue weighted by Crippen LogP contribution is -2.45. The Morgan fingerprint density at radius 1 is 1.19 bits per heavy atom. The van der Waals surface area contributed by atoms with E-state index in [-0.39, 0.29) is 18.0 Å². The van der Waals surface area contributed by atoms with Crippen LogP contribution in [-0.2, 0) is 4.79 Å². The van der Waals surface area contributed by atoms with Crippen LogP contribution in [0.2, 0.25) is 0 Å². The van der Waals surface area contributed by atoms with Gasteiger partial charge in [0.05, 0.1) is 12.2 Å². The Morgan fingerprint density at radius 2 is 1.85 bits per heavy atom. The highest BCUT2D eigenvalue weighted by atomic mass is 19.2. The average molecular weight is 372 g/mol. The third-order valence-corrected chi connectivity index (χ3v) is 3.66. The van der Waals surface area contributed by atoms with Crippen LogP contribution in [0, 0.1) is 22.9 Å². The number of halogens is 3. The number of carbonyl (C=O) groups excluding carboxylic acids is 1. The van der Waals surface area contributed by atoms with Crippen LogP contribution in [0.25, 0.3) is 0 Å². The number of anilines is 1. The summed E-state index contributed by atoms with van der Waals surface area (Å²) in [5.41, 5.74) is -0.196. The van der Waals surface area contributed by atoms with E-state index >= 15 is 0 Å². The molecule has 1 aromatic carbocycles. The van der Waals surface area contributed by atoms with Crippen molar-refractivity contribution in [3.63, 3.8) is 0 Å². The summed E-state index contributed by atoms with van der Waals surface area (Å²) in [7, 11) is 1.57. The maximum atomic E-state index is 13.6. The number of guanidine groups is 1. The minimum atomic E-state index is -1.62. The molecule has 1 unspecified atom stereocenters. The van der Waals surface area contributed by atoms with Crippen LogP contribution in [0.5, 0.6) is 0 Å². The van der Waals surface area contributed by atoms with Gasteiger partial charge in [0, 0.05) is 13.1 Å². The Bertz CT molecular complexity index is 657. The van der Waals surface area contributed by atoms with Gasteiger partial charge in [-0.3, -0.25) is 9.79 Å². The molecule has 0 aliphatic heterocycles. The number of hydrogen-bond acceptors (Lipinski definition) is 2. The highest BCUT2D eigenvalue weighted by Crippen LogP contribution is 2.21. The molecular formula is C18H27F3N4O. The third kappa shape index (κ3) is 7.33. The van der Waals surface area contributed by atoms with Crippen LogP contribution in [0.3, 0.4) is 0 Å². The van der Waals surface area contributed by atoms with Crippen molar-refractivity contribution >= 4 is 17.6 Å². The van der Waals surface area contributed by atoms with Gasteiger partial charge in [0.25, 0.3) is 0 Å². The molecule has 0 radical (unpaired) electrons. The van der Waals surface area contributed by atoms with E-state index in [2.05, 4.69) is 41.7 Å². The van der Waals surface area contributed by atoms with Gasteiger partial charge in [-0.25, -0.2) is 13.2 Å². The number of nitrogens with zero attached hydrogens (tertiary/aromatic N) is 1. The van der Waals surface area contributed by atoms with E-state index in [4.69, 9.17) is 0 Å². The van der Waals surface area contributed by atoms with Crippen LogP contribution in [-0.4, -0.2) is 31.5 Å². The quantitative estimate of drug-likeness (QED) is 0.407. The van der Waals surface area contributed by atoms with Crippen LogP contribution < -0.4 is 16.0 Å². The normalized spacial score (nSPS) is 13.3. The van der Waals surface area contributed by atoms with Gasteiger partial charge in [-0.15, -0.1) is 0 Å². The van der Waals surface area contributed by atoms with Crippen molar-refractivity contribution in [1.82, 2.24) is 10.6 Å². The van der Waals surface area contributed by atoms with Gasteiger partial charge in [0.1, 0.15) is 0 Å². The monoisotopic (exact) mass is 372 g/mol. The zero-order valence-electron chi connectivity index (χ0n) is 15.8. The fourth-order valence-electron chi connectivity index (χ4n) is 2.13. The number of amides is 1. The second-order valence-corrected chi connectivity index (χ2v) is 7.34. The molecule has 146 valence electrons. The molecule has 1 atom stereocenters. The van der Waals surface area contributed by atoms with Gasteiger partial charge < -0.3 is 16.0 Å². The number of aliphatic imine (C=N–C) groups is 1. The molecule has 0 fully saturated rings. The molecule has 5 nitrogen and oxygen atoms in total. The van der Waals surface area contributed by atoms with Gasteiger partial charge in [0.2, 0.25) is 5.91 Å². The second-order valence-electron chi connectivity index (χ2n) is 7.34. The topological polar surface area (TPSA) is 65.5 Å². The molecule has 0 heterocycles. The Hall–Kier alpha value is -2.25. The smallest absolute Gasteiger partial charge is 0.243 e. The van der Waals surface area contributed by atoms with Gasteiger partial charge in [-0.1, -0.05) is 20.8 Å². The van der Waals surface area contributed by atoms with Gasteiger partial charge >= 0.3 is 0 Å². The zero-order valence-corrected chi connectivity index (χ0v) is 15.8. The molecule has 1 rings (SSSR count). The number of rotatable bonds is 6. The molecule has 8 heteroatoms. The van der Waals surface area contributed by atoms with E-state index in [0.717, 1.165) is 25.0 Å². The first kappa shape index (κ1) is 21.8. The zero-order chi connectivity index (χ0) is 19.9. The summed E-state index contributed by atoms with van der Waals surface area (Å²) in [4.78, 5) is 15.9. The highest BCUT2D eigenvalue weighted by molar-refractivity contribution is 5.95. The molecule has 1 amide bonds. The molecule has 0 aliphatic rings. The van der Waals surface area contributed by atoms with E-state index in [1.165, 1.54) is 0 Å². The molecule has 0 saturated carbocycles. The molecule has 26 heavy (non-hydrogen) atoms. The highest BCUT2D eigenvalue weighted by Gasteiger charge is 2.16. The summed E-state index contributed by atoms with van der Waals surface area (Å²) in [5.74, 6) is -4.56. The minimum Gasteiger partial charge on any atom is -0.354 e.